The zero-order valence-corrected chi connectivity index (χ0v) is 9.18. The summed E-state index contributed by atoms with van der Waals surface area (Å²) in [6.45, 7) is 0.840. The molecule has 0 fully saturated rings. The number of ether oxygens (including phenoxy) is 1. The average Bonchev–Trinajstić information content (AvgIpc) is 2.05. The third kappa shape index (κ3) is 1.61. The van der Waals surface area contributed by atoms with Gasteiger partial charge in [-0.3, -0.25) is 0 Å². The monoisotopic (exact) mass is 296 g/mol. The van der Waals surface area contributed by atoms with Crippen LogP contribution in [0.2, 0.25) is 5.02 Å². The molecule has 0 saturated heterocycles. The fourth-order valence-electron chi connectivity index (χ4n) is 1.12. The second kappa shape index (κ2) is 3.30. The Morgan fingerprint density at radius 3 is 3.25 bits per heavy atom. The molecule has 0 aliphatic carbocycles. The number of halogens is 2. The van der Waals surface area contributed by atoms with Gasteiger partial charge in [0.2, 0.25) is 5.02 Å². The fourth-order valence-corrected chi connectivity index (χ4v) is 1.80. The van der Waals surface area contributed by atoms with Crippen molar-refractivity contribution in [3.63, 3.8) is 0 Å². The summed E-state index contributed by atoms with van der Waals surface area (Å²) in [6.07, 6.45) is 0. The van der Waals surface area contributed by atoms with E-state index in [0.717, 1.165) is 23.0 Å². The summed E-state index contributed by atoms with van der Waals surface area (Å²) in [5, 5.41) is 4.10. The smallest absolute Gasteiger partial charge is 0.227 e. The molecule has 2 rings (SSSR count). The van der Waals surface area contributed by atoms with E-state index in [4.69, 9.17) is 16.3 Å². The van der Waals surface area contributed by atoms with E-state index in [2.05, 4.69) is 27.9 Å². The number of anilines is 1. The molecule has 12 heavy (non-hydrogen) atoms. The molecule has 1 heterocycles. The Labute approximate surface area is 89.4 Å². The molecular formula is C8H8ClINO+. The molecule has 0 aromatic heterocycles. The van der Waals surface area contributed by atoms with Crippen LogP contribution in [0.5, 0.6) is 5.75 Å². The van der Waals surface area contributed by atoms with E-state index in [9.17, 15) is 0 Å². The molecule has 1 atom stereocenters. The molecule has 0 saturated carbocycles. The maximum absolute atomic E-state index is 5.56. The van der Waals surface area contributed by atoms with Crippen LogP contribution >= 0.6 is 22.6 Å². The van der Waals surface area contributed by atoms with E-state index in [0.29, 0.717) is 0 Å². The Hall–Kier alpha value is -0.160. The Morgan fingerprint density at radius 2 is 2.42 bits per heavy atom. The molecule has 0 bridgehead atoms. The lowest BCUT2D eigenvalue weighted by atomic mass is 10.2. The first-order valence-electron chi connectivity index (χ1n) is 3.61. The molecule has 1 aliphatic rings. The maximum Gasteiger partial charge on any atom is 0.227 e. The van der Waals surface area contributed by atoms with Crippen LogP contribution in [0.3, 0.4) is 0 Å². The molecular weight excluding hydrogens is 288 g/mol. The number of nitrogens with one attached hydrogen (secondary N) is 1. The highest BCUT2D eigenvalue weighted by atomic mass is 127. The van der Waals surface area contributed by atoms with Crippen molar-refractivity contribution in [2.24, 2.45) is 0 Å². The average molecular weight is 297 g/mol. The second-order valence-corrected chi connectivity index (χ2v) is 4.43. The van der Waals surface area contributed by atoms with Gasteiger partial charge in [-0.25, -0.2) is 0 Å². The number of fused-ring (bicyclic) bond motifs is 1. The molecule has 1 N–H and O–H groups in total. The lowest BCUT2D eigenvalue weighted by Crippen LogP contribution is -2.24. The van der Waals surface area contributed by atoms with Crippen LogP contribution in [-0.4, -0.2) is 10.7 Å². The third-order valence-electron chi connectivity index (χ3n) is 1.66. The van der Waals surface area contributed by atoms with Gasteiger partial charge in [-0.15, -0.1) is 0 Å². The first-order chi connectivity index (χ1) is 5.75. The minimum Gasteiger partial charge on any atom is -0.476 e. The zero-order valence-electron chi connectivity index (χ0n) is 6.21. The van der Waals surface area contributed by atoms with E-state index in [-0.39, 0.29) is 4.11 Å². The third-order valence-corrected chi connectivity index (χ3v) is 2.61. The van der Waals surface area contributed by atoms with Gasteiger partial charge >= 0.3 is 0 Å². The largest absolute Gasteiger partial charge is 0.476 e. The Bertz CT molecular complexity index is 305. The summed E-state index contributed by atoms with van der Waals surface area (Å²) in [6, 6.07) is 5.72. The molecule has 2 nitrogen and oxygen atoms in total. The highest BCUT2D eigenvalue weighted by Gasteiger charge is 2.17. The molecule has 1 aliphatic heterocycles. The number of hydrogen-bond acceptors (Lipinski definition) is 2. The van der Waals surface area contributed by atoms with Gasteiger partial charge < -0.3 is 10.1 Å². The van der Waals surface area contributed by atoms with Gasteiger partial charge in [-0.05, 0) is 28.7 Å². The first kappa shape index (κ1) is 8.44. The Morgan fingerprint density at radius 1 is 1.58 bits per heavy atom. The number of benzene rings is 1. The summed E-state index contributed by atoms with van der Waals surface area (Å²) >= 11 is 7.28. The molecule has 0 radical (unpaired) electrons. The summed E-state index contributed by atoms with van der Waals surface area (Å²) in [5.41, 5.74) is 1.01. The molecule has 1 aromatic carbocycles. The van der Waals surface area contributed by atoms with E-state index in [1.165, 1.54) is 0 Å². The molecule has 0 amide bonds. The van der Waals surface area contributed by atoms with Gasteiger partial charge in [0.15, 0.2) is 15.7 Å². The second-order valence-electron chi connectivity index (χ2n) is 2.57. The Balaban J connectivity index is 2.37. The SMILES string of the molecule is [ClH+]c1ccc2c(c1)NC[C@@H](I)O2. The molecule has 64 valence electrons. The van der Waals surface area contributed by atoms with Crippen molar-refractivity contribution in [3.8, 4) is 5.75 Å². The lowest BCUT2D eigenvalue weighted by Gasteiger charge is -2.22. The van der Waals surface area contributed by atoms with Crippen molar-refractivity contribution in [1.82, 2.24) is 0 Å². The van der Waals surface area contributed by atoms with E-state index < -0.39 is 0 Å². The van der Waals surface area contributed by atoms with Crippen LogP contribution in [0.15, 0.2) is 18.2 Å². The van der Waals surface area contributed by atoms with Crippen LogP contribution < -0.4 is 10.1 Å². The summed E-state index contributed by atoms with van der Waals surface area (Å²) < 4.78 is 5.78. The predicted molar refractivity (Wildman–Crippen MR) is 53.9 cm³/mol. The Kier molecular flexibility index (Phi) is 2.32. The number of rotatable bonds is 0. The van der Waals surface area contributed by atoms with Crippen LogP contribution in [0.1, 0.15) is 0 Å². The topological polar surface area (TPSA) is 21.3 Å². The minimum absolute atomic E-state index is 0.214. The van der Waals surface area contributed by atoms with Crippen LogP contribution in [0.25, 0.3) is 0 Å². The van der Waals surface area contributed by atoms with Crippen molar-refractivity contribution < 1.29 is 16.3 Å². The predicted octanol–water partition coefficient (Wildman–Crippen LogP) is 1.95. The van der Waals surface area contributed by atoms with E-state index in [1.54, 1.807) is 0 Å². The van der Waals surface area contributed by atoms with Crippen molar-refractivity contribution >= 4 is 28.3 Å². The van der Waals surface area contributed by atoms with Gasteiger partial charge in [0, 0.05) is 12.1 Å². The number of alkyl halides is 1. The summed E-state index contributed by atoms with van der Waals surface area (Å²) in [4.78, 5) is 0. The van der Waals surface area contributed by atoms with Gasteiger partial charge in [-0.1, -0.05) is 0 Å². The normalized spacial score (nSPS) is 20.7. The fraction of sp³-hybridized carbons (Fsp3) is 0.250. The lowest BCUT2D eigenvalue weighted by molar-refractivity contribution is -0.288. The molecule has 0 spiro atoms. The van der Waals surface area contributed by atoms with Gasteiger partial charge in [0.1, 0.15) is 5.75 Å². The van der Waals surface area contributed by atoms with Gasteiger partial charge in [0.05, 0.1) is 12.2 Å². The molecule has 0 unspecified atom stereocenters. The quantitative estimate of drug-likeness (QED) is 0.584. The van der Waals surface area contributed by atoms with Crippen LogP contribution in [0.4, 0.5) is 5.69 Å². The first-order valence-corrected chi connectivity index (χ1v) is 5.27. The standard InChI is InChI=1S/C8H8ClINO/c9-5-1-2-7-6(3-5)11-4-8(10)12-7/h1-3,8-9,11H,4H2/q+1/t8-/m0/s1. The van der Waals surface area contributed by atoms with Crippen molar-refractivity contribution in [2.45, 2.75) is 4.11 Å². The highest BCUT2D eigenvalue weighted by molar-refractivity contribution is 14.1. The molecule has 4 heteroatoms. The summed E-state index contributed by atoms with van der Waals surface area (Å²) in [5.74, 6) is 0.897. The van der Waals surface area contributed by atoms with Crippen molar-refractivity contribution in [1.29, 1.82) is 0 Å². The van der Waals surface area contributed by atoms with Crippen LogP contribution in [-0.2, 0) is 0 Å². The van der Waals surface area contributed by atoms with Gasteiger partial charge in [0.25, 0.3) is 0 Å². The summed E-state index contributed by atoms with van der Waals surface area (Å²) in [7, 11) is 0. The molecule has 1 aromatic rings. The van der Waals surface area contributed by atoms with Crippen molar-refractivity contribution in [3.05, 3.63) is 23.2 Å². The maximum atomic E-state index is 5.56. The zero-order chi connectivity index (χ0) is 8.55. The highest BCUT2D eigenvalue weighted by Crippen LogP contribution is 2.31. The van der Waals surface area contributed by atoms with Crippen LogP contribution in [0, 0.1) is 11.6 Å². The number of hydrogen-bond donors (Lipinski definition) is 1. The van der Waals surface area contributed by atoms with Gasteiger partial charge in [-0.2, -0.15) is 0 Å². The van der Waals surface area contributed by atoms with E-state index >= 15 is 0 Å². The van der Waals surface area contributed by atoms with E-state index in [1.807, 2.05) is 18.2 Å². The van der Waals surface area contributed by atoms with Crippen molar-refractivity contribution in [2.75, 3.05) is 11.9 Å². The minimum atomic E-state index is 0.214.